The lowest BCUT2D eigenvalue weighted by Crippen LogP contribution is -2.16. The Kier molecular flexibility index (Phi) is 4.32. The first-order valence-electron chi connectivity index (χ1n) is 4.56. The largest absolute Gasteiger partial charge is 0.493 e. The summed E-state index contributed by atoms with van der Waals surface area (Å²) in [4.78, 5) is 0. The fourth-order valence-electron chi connectivity index (χ4n) is 1.02. The first-order valence-corrected chi connectivity index (χ1v) is 6.38. The first kappa shape index (κ1) is 12.5. The Morgan fingerprint density at radius 1 is 1.31 bits per heavy atom. The third kappa shape index (κ3) is 4.32. The van der Waals surface area contributed by atoms with Crippen LogP contribution >= 0.6 is 0 Å². The number of terminal acetylenes is 1. The smallest absolute Gasteiger partial charge is 0.164 e. The van der Waals surface area contributed by atoms with Crippen LogP contribution in [0.2, 0.25) is 0 Å². The molecule has 0 radical (unpaired) electrons. The summed E-state index contributed by atoms with van der Waals surface area (Å²) in [5, 5.41) is 0. The molecule has 0 aliphatic carbocycles. The van der Waals surface area contributed by atoms with Crippen LogP contribution in [0, 0.1) is 18.2 Å². The van der Waals surface area contributed by atoms with E-state index >= 15 is 0 Å². The molecule has 0 N–H and O–H groups in total. The Morgan fingerprint density at radius 3 is 2.50 bits per heavy atom. The quantitative estimate of drug-likeness (QED) is 0.730. The zero-order valence-corrected chi connectivity index (χ0v) is 9.34. The second-order valence-electron chi connectivity index (χ2n) is 3.10. The van der Waals surface area contributed by atoms with Gasteiger partial charge in [-0.15, -0.1) is 6.42 Å². The van der Waals surface area contributed by atoms with E-state index in [9.17, 15) is 12.8 Å². The van der Waals surface area contributed by atoms with E-state index in [0.717, 1.165) is 0 Å². The molecule has 3 nitrogen and oxygen atoms in total. The van der Waals surface area contributed by atoms with Crippen molar-refractivity contribution >= 4 is 9.84 Å². The van der Waals surface area contributed by atoms with E-state index < -0.39 is 9.84 Å². The van der Waals surface area contributed by atoms with Gasteiger partial charge in [0.15, 0.2) is 9.84 Å². The minimum absolute atomic E-state index is 0.00957. The molecular weight excluding hydrogens is 231 g/mol. The lowest BCUT2D eigenvalue weighted by molar-refractivity contribution is 0.340. The van der Waals surface area contributed by atoms with Gasteiger partial charge in [-0.3, -0.25) is 0 Å². The Labute approximate surface area is 94.2 Å². The Hall–Kier alpha value is -1.54. The van der Waals surface area contributed by atoms with Crippen LogP contribution in [0.4, 0.5) is 4.39 Å². The van der Waals surface area contributed by atoms with Crippen LogP contribution in [0.15, 0.2) is 24.3 Å². The SMILES string of the molecule is C#CCS(=O)(=O)CCOc1ccc(F)cc1. The Bertz CT molecular complexity index is 471. The molecule has 16 heavy (non-hydrogen) atoms. The fraction of sp³-hybridized carbons (Fsp3) is 0.273. The first-order chi connectivity index (χ1) is 7.53. The van der Waals surface area contributed by atoms with Crippen molar-refractivity contribution < 1.29 is 17.5 Å². The zero-order valence-electron chi connectivity index (χ0n) is 8.52. The molecule has 86 valence electrons. The molecule has 0 spiro atoms. The van der Waals surface area contributed by atoms with Crippen LogP contribution in [-0.2, 0) is 9.84 Å². The van der Waals surface area contributed by atoms with Gasteiger partial charge < -0.3 is 4.74 Å². The van der Waals surface area contributed by atoms with Crippen molar-refractivity contribution in [2.24, 2.45) is 0 Å². The van der Waals surface area contributed by atoms with Gasteiger partial charge in [-0.25, -0.2) is 12.8 Å². The Morgan fingerprint density at radius 2 is 1.94 bits per heavy atom. The van der Waals surface area contributed by atoms with Gasteiger partial charge in [0.25, 0.3) is 0 Å². The number of benzene rings is 1. The number of sulfone groups is 1. The summed E-state index contributed by atoms with van der Waals surface area (Å²) in [6, 6.07) is 5.35. The van der Waals surface area contributed by atoms with Gasteiger partial charge in [-0.05, 0) is 24.3 Å². The molecule has 0 saturated carbocycles. The van der Waals surface area contributed by atoms with Gasteiger partial charge in [-0.2, -0.15) is 0 Å². The minimum atomic E-state index is -3.25. The molecule has 0 aromatic heterocycles. The lowest BCUT2D eigenvalue weighted by Gasteiger charge is -2.05. The van der Waals surface area contributed by atoms with Crippen molar-refractivity contribution in [1.82, 2.24) is 0 Å². The molecular formula is C11H11FO3S. The molecule has 0 unspecified atom stereocenters. The summed E-state index contributed by atoms with van der Waals surface area (Å²) in [6.45, 7) is 0.00957. The summed E-state index contributed by atoms with van der Waals surface area (Å²) in [7, 11) is -3.25. The molecule has 1 aromatic carbocycles. The van der Waals surface area contributed by atoms with Crippen molar-refractivity contribution in [2.75, 3.05) is 18.1 Å². The second-order valence-corrected chi connectivity index (χ2v) is 5.28. The average molecular weight is 242 g/mol. The van der Waals surface area contributed by atoms with E-state index in [4.69, 9.17) is 11.2 Å². The van der Waals surface area contributed by atoms with Crippen LogP contribution in [0.25, 0.3) is 0 Å². The molecule has 5 heteroatoms. The van der Waals surface area contributed by atoms with Gasteiger partial charge in [0.1, 0.15) is 23.9 Å². The third-order valence-electron chi connectivity index (χ3n) is 1.78. The highest BCUT2D eigenvalue weighted by atomic mass is 32.2. The molecule has 0 amide bonds. The monoisotopic (exact) mass is 242 g/mol. The normalized spacial score (nSPS) is 10.8. The average Bonchev–Trinajstić information content (AvgIpc) is 2.20. The number of ether oxygens (including phenoxy) is 1. The predicted octanol–water partition coefficient (Wildman–Crippen LogP) is 1.25. The van der Waals surface area contributed by atoms with Gasteiger partial charge in [-0.1, -0.05) is 5.92 Å². The number of rotatable bonds is 5. The third-order valence-corrected chi connectivity index (χ3v) is 3.18. The maximum atomic E-state index is 12.5. The summed E-state index contributed by atoms with van der Waals surface area (Å²) in [5.41, 5.74) is 0. The second kappa shape index (κ2) is 5.52. The van der Waals surface area contributed by atoms with E-state index in [1.807, 2.05) is 0 Å². The molecule has 1 aromatic rings. The van der Waals surface area contributed by atoms with Crippen LogP contribution < -0.4 is 4.74 Å². The summed E-state index contributed by atoms with van der Waals surface area (Å²) >= 11 is 0. The zero-order chi connectivity index (χ0) is 12.0. The molecule has 0 aliphatic heterocycles. The van der Waals surface area contributed by atoms with Gasteiger partial charge in [0.05, 0.1) is 5.75 Å². The molecule has 0 aliphatic rings. The highest BCUT2D eigenvalue weighted by Crippen LogP contribution is 2.10. The van der Waals surface area contributed by atoms with Crippen LogP contribution in [0.5, 0.6) is 5.75 Å². The van der Waals surface area contributed by atoms with E-state index in [1.54, 1.807) is 0 Å². The predicted molar refractivity (Wildman–Crippen MR) is 59.4 cm³/mol. The molecule has 0 heterocycles. The van der Waals surface area contributed by atoms with Crippen LogP contribution in [0.1, 0.15) is 0 Å². The number of hydrogen-bond donors (Lipinski definition) is 0. The summed E-state index contributed by atoms with van der Waals surface area (Å²) < 4.78 is 40.0. The highest BCUT2D eigenvalue weighted by Gasteiger charge is 2.08. The summed E-state index contributed by atoms with van der Waals surface area (Å²) in [5.74, 6) is 1.69. The van der Waals surface area contributed by atoms with E-state index in [1.165, 1.54) is 24.3 Å². The topological polar surface area (TPSA) is 43.4 Å². The minimum Gasteiger partial charge on any atom is -0.493 e. The van der Waals surface area contributed by atoms with E-state index in [-0.39, 0.29) is 23.9 Å². The standard InChI is InChI=1S/C11H11FO3S/c1-2-8-16(13,14)9-7-15-11-5-3-10(12)4-6-11/h1,3-6H,7-9H2. The number of hydrogen-bond acceptors (Lipinski definition) is 3. The van der Waals surface area contributed by atoms with Crippen molar-refractivity contribution in [1.29, 1.82) is 0 Å². The van der Waals surface area contributed by atoms with Gasteiger partial charge in [0.2, 0.25) is 0 Å². The van der Waals surface area contributed by atoms with Gasteiger partial charge in [0, 0.05) is 0 Å². The molecule has 1 rings (SSSR count). The molecule has 0 atom stereocenters. The highest BCUT2D eigenvalue weighted by molar-refractivity contribution is 7.91. The molecule has 0 fully saturated rings. The molecule has 0 saturated heterocycles. The maximum absolute atomic E-state index is 12.5. The van der Waals surface area contributed by atoms with Crippen molar-refractivity contribution in [3.05, 3.63) is 30.1 Å². The van der Waals surface area contributed by atoms with E-state index in [2.05, 4.69) is 5.92 Å². The van der Waals surface area contributed by atoms with Crippen LogP contribution in [-0.4, -0.2) is 26.5 Å². The van der Waals surface area contributed by atoms with Crippen molar-refractivity contribution in [3.63, 3.8) is 0 Å². The van der Waals surface area contributed by atoms with Crippen molar-refractivity contribution in [2.45, 2.75) is 0 Å². The summed E-state index contributed by atoms with van der Waals surface area (Å²) in [6.07, 6.45) is 4.90. The number of halogens is 1. The van der Waals surface area contributed by atoms with Gasteiger partial charge >= 0.3 is 0 Å². The lowest BCUT2D eigenvalue weighted by atomic mass is 10.3. The maximum Gasteiger partial charge on any atom is 0.164 e. The Balaban J connectivity index is 2.42. The fourth-order valence-corrected chi connectivity index (χ4v) is 1.75. The van der Waals surface area contributed by atoms with Crippen LogP contribution in [0.3, 0.4) is 0 Å². The van der Waals surface area contributed by atoms with E-state index in [0.29, 0.717) is 5.75 Å². The molecule has 0 bridgehead atoms. The van der Waals surface area contributed by atoms with Crippen molar-refractivity contribution in [3.8, 4) is 18.1 Å².